The molecular formula is C14H8Cl2N2O4. The summed E-state index contributed by atoms with van der Waals surface area (Å²) in [5, 5.41) is 11.5. The van der Waals surface area contributed by atoms with E-state index < -0.39 is 4.92 Å². The maximum absolute atomic E-state index is 10.8. The van der Waals surface area contributed by atoms with E-state index in [-0.39, 0.29) is 11.6 Å². The Bertz CT molecular complexity index is 892. The summed E-state index contributed by atoms with van der Waals surface area (Å²) in [6, 6.07) is 7.32. The van der Waals surface area contributed by atoms with Gasteiger partial charge in [-0.1, -0.05) is 23.2 Å². The molecule has 112 valence electrons. The largest absolute Gasteiger partial charge is 0.494 e. The van der Waals surface area contributed by atoms with Crippen LogP contribution in [0.25, 0.3) is 22.6 Å². The average Bonchev–Trinajstić information content (AvgIpc) is 2.89. The molecule has 0 fully saturated rings. The second-order valence-corrected chi connectivity index (χ2v) is 5.24. The highest BCUT2D eigenvalue weighted by Crippen LogP contribution is 2.39. The number of hydrogen-bond acceptors (Lipinski definition) is 5. The minimum Gasteiger partial charge on any atom is -0.494 e. The number of nitro groups is 1. The zero-order chi connectivity index (χ0) is 15.9. The van der Waals surface area contributed by atoms with Gasteiger partial charge in [-0.25, -0.2) is 4.98 Å². The lowest BCUT2D eigenvalue weighted by Gasteiger charge is -2.07. The molecule has 0 aliphatic rings. The van der Waals surface area contributed by atoms with E-state index in [2.05, 4.69) is 4.98 Å². The maximum Gasteiger partial charge on any atom is 0.273 e. The summed E-state index contributed by atoms with van der Waals surface area (Å²) >= 11 is 12.1. The maximum atomic E-state index is 10.8. The summed E-state index contributed by atoms with van der Waals surface area (Å²) < 4.78 is 10.8. The van der Waals surface area contributed by atoms with Gasteiger partial charge in [0.15, 0.2) is 5.58 Å². The molecule has 3 rings (SSSR count). The molecule has 3 aromatic rings. The van der Waals surface area contributed by atoms with Crippen LogP contribution in [0.4, 0.5) is 5.69 Å². The van der Waals surface area contributed by atoms with Gasteiger partial charge in [0.05, 0.1) is 28.7 Å². The van der Waals surface area contributed by atoms with Crippen molar-refractivity contribution >= 4 is 40.0 Å². The standard InChI is InChI=1S/C14H8Cl2N2O4/c1-21-13-9(4-7(15)5-10(13)16)14-17-11-3-2-8(18(19)20)6-12(11)22-14/h2-6H,1H3. The third kappa shape index (κ3) is 2.47. The third-order valence-electron chi connectivity index (χ3n) is 3.03. The van der Waals surface area contributed by atoms with Crippen LogP contribution in [-0.4, -0.2) is 17.0 Å². The summed E-state index contributed by atoms with van der Waals surface area (Å²) in [4.78, 5) is 14.6. The number of oxazole rings is 1. The van der Waals surface area contributed by atoms with Crippen LogP contribution >= 0.6 is 23.2 Å². The fourth-order valence-corrected chi connectivity index (χ4v) is 2.64. The highest BCUT2D eigenvalue weighted by molar-refractivity contribution is 6.36. The SMILES string of the molecule is COc1c(Cl)cc(Cl)cc1-c1nc2ccc([N+](=O)[O-])cc2o1. The summed E-state index contributed by atoms with van der Waals surface area (Å²) in [5.41, 5.74) is 1.17. The van der Waals surface area contributed by atoms with E-state index in [0.717, 1.165) is 0 Å². The van der Waals surface area contributed by atoms with Gasteiger partial charge in [0.1, 0.15) is 11.3 Å². The van der Waals surface area contributed by atoms with E-state index in [1.165, 1.54) is 25.3 Å². The Balaban J connectivity index is 2.20. The molecule has 0 N–H and O–H groups in total. The van der Waals surface area contributed by atoms with E-state index in [0.29, 0.717) is 32.5 Å². The summed E-state index contributed by atoms with van der Waals surface area (Å²) in [6.45, 7) is 0. The van der Waals surface area contributed by atoms with Crippen molar-refractivity contribution in [1.82, 2.24) is 4.98 Å². The van der Waals surface area contributed by atoms with Gasteiger partial charge in [0, 0.05) is 11.1 Å². The second-order valence-electron chi connectivity index (χ2n) is 4.40. The van der Waals surface area contributed by atoms with Crippen molar-refractivity contribution in [3.63, 3.8) is 0 Å². The molecule has 0 saturated heterocycles. The molecule has 0 spiro atoms. The molecule has 2 aromatic carbocycles. The molecular weight excluding hydrogens is 331 g/mol. The van der Waals surface area contributed by atoms with Crippen molar-refractivity contribution < 1.29 is 14.1 Å². The summed E-state index contributed by atoms with van der Waals surface area (Å²) in [7, 11) is 1.46. The Morgan fingerprint density at radius 3 is 2.73 bits per heavy atom. The van der Waals surface area contributed by atoms with E-state index >= 15 is 0 Å². The molecule has 0 atom stereocenters. The van der Waals surface area contributed by atoms with E-state index in [4.69, 9.17) is 32.4 Å². The monoisotopic (exact) mass is 338 g/mol. The lowest BCUT2D eigenvalue weighted by Crippen LogP contribution is -1.89. The van der Waals surface area contributed by atoms with Crippen LogP contribution < -0.4 is 4.74 Å². The Kier molecular flexibility index (Phi) is 3.64. The number of benzene rings is 2. The summed E-state index contributed by atoms with van der Waals surface area (Å²) in [5.74, 6) is 0.587. The van der Waals surface area contributed by atoms with Crippen LogP contribution in [0.2, 0.25) is 10.0 Å². The molecule has 0 aliphatic carbocycles. The lowest BCUT2D eigenvalue weighted by atomic mass is 10.2. The van der Waals surface area contributed by atoms with Crippen LogP contribution in [-0.2, 0) is 0 Å². The van der Waals surface area contributed by atoms with Crippen molar-refractivity contribution in [3.05, 3.63) is 50.5 Å². The van der Waals surface area contributed by atoms with Crippen molar-refractivity contribution in [2.75, 3.05) is 7.11 Å². The first-order valence-electron chi connectivity index (χ1n) is 6.08. The lowest BCUT2D eigenvalue weighted by molar-refractivity contribution is -0.384. The number of halogens is 2. The molecule has 0 radical (unpaired) electrons. The van der Waals surface area contributed by atoms with E-state index in [1.54, 1.807) is 12.1 Å². The molecule has 6 nitrogen and oxygen atoms in total. The molecule has 1 aromatic heterocycles. The first-order chi connectivity index (χ1) is 10.5. The number of methoxy groups -OCH3 is 1. The highest BCUT2D eigenvalue weighted by Gasteiger charge is 2.18. The van der Waals surface area contributed by atoms with Gasteiger partial charge >= 0.3 is 0 Å². The van der Waals surface area contributed by atoms with Crippen LogP contribution in [0.1, 0.15) is 0 Å². The third-order valence-corrected chi connectivity index (χ3v) is 3.52. The van der Waals surface area contributed by atoms with Gasteiger partial charge in [-0.2, -0.15) is 0 Å². The molecule has 0 unspecified atom stereocenters. The van der Waals surface area contributed by atoms with Crippen molar-refractivity contribution in [2.45, 2.75) is 0 Å². The first kappa shape index (κ1) is 14.6. The predicted octanol–water partition coefficient (Wildman–Crippen LogP) is 4.72. The number of non-ortho nitro benzene ring substituents is 1. The fourth-order valence-electron chi connectivity index (χ4n) is 2.07. The normalized spacial score (nSPS) is 10.9. The van der Waals surface area contributed by atoms with Gasteiger partial charge in [0.2, 0.25) is 5.89 Å². The number of nitro benzene ring substituents is 1. The molecule has 8 heteroatoms. The molecule has 1 heterocycles. The number of hydrogen-bond donors (Lipinski definition) is 0. The van der Waals surface area contributed by atoms with Gasteiger partial charge in [-0.05, 0) is 18.2 Å². The Morgan fingerprint density at radius 1 is 1.27 bits per heavy atom. The number of rotatable bonds is 3. The Hall–Kier alpha value is -2.31. The number of ether oxygens (including phenoxy) is 1. The van der Waals surface area contributed by atoms with E-state index in [1.807, 2.05) is 0 Å². The van der Waals surface area contributed by atoms with Gasteiger partial charge in [-0.15, -0.1) is 0 Å². The first-order valence-corrected chi connectivity index (χ1v) is 6.83. The second kappa shape index (κ2) is 5.47. The number of nitrogens with zero attached hydrogens (tertiary/aromatic N) is 2. The van der Waals surface area contributed by atoms with Crippen LogP contribution in [0, 0.1) is 10.1 Å². The van der Waals surface area contributed by atoms with Crippen LogP contribution in [0.5, 0.6) is 5.75 Å². The zero-order valence-corrected chi connectivity index (χ0v) is 12.7. The molecule has 0 aliphatic heterocycles. The topological polar surface area (TPSA) is 78.4 Å². The quantitative estimate of drug-likeness (QED) is 0.510. The highest BCUT2D eigenvalue weighted by atomic mass is 35.5. The van der Waals surface area contributed by atoms with Crippen molar-refractivity contribution in [3.8, 4) is 17.2 Å². The van der Waals surface area contributed by atoms with E-state index in [9.17, 15) is 10.1 Å². The van der Waals surface area contributed by atoms with Crippen LogP contribution in [0.3, 0.4) is 0 Å². The van der Waals surface area contributed by atoms with Crippen molar-refractivity contribution in [2.24, 2.45) is 0 Å². The zero-order valence-electron chi connectivity index (χ0n) is 11.2. The molecule has 0 saturated carbocycles. The van der Waals surface area contributed by atoms with Crippen molar-refractivity contribution in [1.29, 1.82) is 0 Å². The average molecular weight is 339 g/mol. The van der Waals surface area contributed by atoms with Gasteiger partial charge < -0.3 is 9.15 Å². The molecule has 0 bridgehead atoms. The number of aromatic nitrogens is 1. The Morgan fingerprint density at radius 2 is 2.05 bits per heavy atom. The molecule has 22 heavy (non-hydrogen) atoms. The minimum atomic E-state index is -0.502. The van der Waals surface area contributed by atoms with Gasteiger partial charge in [0.25, 0.3) is 5.69 Å². The van der Waals surface area contributed by atoms with Gasteiger partial charge in [-0.3, -0.25) is 10.1 Å². The molecule has 0 amide bonds. The predicted molar refractivity (Wildman–Crippen MR) is 82.7 cm³/mol. The number of fused-ring (bicyclic) bond motifs is 1. The minimum absolute atomic E-state index is 0.0775. The Labute approximate surface area is 134 Å². The fraction of sp³-hybridized carbons (Fsp3) is 0.0714. The summed E-state index contributed by atoms with van der Waals surface area (Å²) in [6.07, 6.45) is 0. The smallest absolute Gasteiger partial charge is 0.273 e. The van der Waals surface area contributed by atoms with Crippen LogP contribution in [0.15, 0.2) is 34.7 Å².